The van der Waals surface area contributed by atoms with Gasteiger partial charge >= 0.3 is 5.97 Å². The standard InChI is InChI=1S/C32H29ClN2O5/c1-16(2)29(32(39)40-15-24(36)34-23-14-18(33)13-12-17(23)3)35-30(37)27-25-19-8-4-5-9-20(19)26(28(27)31(35)38)22-11-7-6-10-21(22)25/h4-14,16,25-29H,15H2,1-3H3,(H,34,36)/t25?,26?,27-,28+,29-/m1/s1. The van der Waals surface area contributed by atoms with Crippen molar-refractivity contribution < 1.29 is 23.9 Å². The highest BCUT2D eigenvalue weighted by Gasteiger charge is 2.63. The Labute approximate surface area is 237 Å². The maximum atomic E-state index is 14.1. The normalized spacial score (nSPS) is 23.0. The van der Waals surface area contributed by atoms with Crippen LogP contribution in [0.25, 0.3) is 0 Å². The molecule has 40 heavy (non-hydrogen) atoms. The van der Waals surface area contributed by atoms with Gasteiger partial charge in [-0.2, -0.15) is 0 Å². The molecular formula is C32H29ClN2O5. The Hall–Kier alpha value is -3.97. The maximum Gasteiger partial charge on any atom is 0.330 e. The quantitative estimate of drug-likeness (QED) is 0.339. The van der Waals surface area contributed by atoms with Crippen LogP contribution < -0.4 is 5.32 Å². The summed E-state index contributed by atoms with van der Waals surface area (Å²) in [5.41, 5.74) is 5.56. The number of hydrogen-bond donors (Lipinski definition) is 1. The summed E-state index contributed by atoms with van der Waals surface area (Å²) in [4.78, 5) is 55.2. The number of amides is 3. The van der Waals surface area contributed by atoms with E-state index in [1.807, 2.05) is 55.5 Å². The van der Waals surface area contributed by atoms with Crippen LogP contribution >= 0.6 is 11.6 Å². The molecule has 0 saturated carbocycles. The monoisotopic (exact) mass is 556 g/mol. The number of imide groups is 1. The fraction of sp³-hybridized carbons (Fsp3) is 0.312. The van der Waals surface area contributed by atoms with Crippen LogP contribution in [0.15, 0.2) is 66.7 Å². The summed E-state index contributed by atoms with van der Waals surface area (Å²) in [7, 11) is 0. The lowest BCUT2D eigenvalue weighted by Crippen LogP contribution is -2.49. The van der Waals surface area contributed by atoms with Crippen molar-refractivity contribution >= 4 is 41.0 Å². The van der Waals surface area contributed by atoms with E-state index >= 15 is 0 Å². The van der Waals surface area contributed by atoms with E-state index in [1.165, 1.54) is 0 Å². The van der Waals surface area contributed by atoms with Gasteiger partial charge in [0, 0.05) is 22.5 Å². The van der Waals surface area contributed by atoms with Crippen LogP contribution in [0.5, 0.6) is 0 Å². The number of rotatable bonds is 6. The van der Waals surface area contributed by atoms with Gasteiger partial charge in [0.1, 0.15) is 6.04 Å². The third-order valence-corrected chi connectivity index (χ3v) is 8.69. The van der Waals surface area contributed by atoms with Crippen LogP contribution in [0, 0.1) is 24.7 Å². The minimum Gasteiger partial charge on any atom is -0.454 e. The van der Waals surface area contributed by atoms with Crippen molar-refractivity contribution in [2.24, 2.45) is 17.8 Å². The lowest BCUT2D eigenvalue weighted by atomic mass is 9.55. The summed E-state index contributed by atoms with van der Waals surface area (Å²) < 4.78 is 5.39. The molecule has 1 aliphatic heterocycles. The number of likely N-dealkylation sites (tertiary alicyclic amines) is 1. The average Bonchev–Trinajstić information content (AvgIpc) is 3.20. The molecule has 3 aromatic rings. The summed E-state index contributed by atoms with van der Waals surface area (Å²) in [6.45, 7) is 4.80. The summed E-state index contributed by atoms with van der Waals surface area (Å²) >= 11 is 6.03. The summed E-state index contributed by atoms with van der Waals surface area (Å²) in [6.07, 6.45) is 0. The van der Waals surface area contributed by atoms with E-state index in [2.05, 4.69) is 5.32 Å². The molecule has 3 amide bonds. The van der Waals surface area contributed by atoms with Gasteiger partial charge in [-0.3, -0.25) is 19.3 Å². The first-order chi connectivity index (χ1) is 19.2. The Morgan fingerprint density at radius 3 is 1.85 bits per heavy atom. The number of benzene rings is 3. The molecule has 0 aromatic heterocycles. The lowest BCUT2D eigenvalue weighted by Gasteiger charge is -2.45. The average molecular weight is 557 g/mol. The SMILES string of the molecule is Cc1ccc(Cl)cc1NC(=O)COC(=O)[C@@H](C(C)C)N1C(=O)[C@@H]2C3c4ccccc4C(c4ccccc43)[C@@H]2C1=O. The summed E-state index contributed by atoms with van der Waals surface area (Å²) in [5, 5.41) is 3.16. The first kappa shape index (κ1) is 26.3. The molecule has 1 N–H and O–H groups in total. The van der Waals surface area contributed by atoms with Crippen LogP contribution in [0.2, 0.25) is 5.02 Å². The number of carbonyl (C=O) groups is 4. The molecule has 3 aromatic carbocycles. The first-order valence-electron chi connectivity index (χ1n) is 13.5. The van der Waals surface area contributed by atoms with E-state index in [1.54, 1.807) is 32.0 Å². The van der Waals surface area contributed by atoms with Gasteiger partial charge in [-0.25, -0.2) is 4.79 Å². The van der Waals surface area contributed by atoms with Crippen LogP contribution in [-0.4, -0.2) is 41.2 Å². The second kappa shape index (κ2) is 9.89. The van der Waals surface area contributed by atoms with Gasteiger partial charge in [-0.1, -0.05) is 80.0 Å². The van der Waals surface area contributed by atoms with Gasteiger partial charge in [-0.15, -0.1) is 0 Å². The highest BCUT2D eigenvalue weighted by Crippen LogP contribution is 2.61. The molecule has 7 rings (SSSR count). The van der Waals surface area contributed by atoms with Crippen LogP contribution in [-0.2, 0) is 23.9 Å². The summed E-state index contributed by atoms with van der Waals surface area (Å²) in [5.74, 6) is -4.17. The van der Waals surface area contributed by atoms with Crippen molar-refractivity contribution in [3.8, 4) is 0 Å². The highest BCUT2D eigenvalue weighted by molar-refractivity contribution is 6.31. The molecule has 204 valence electrons. The Bertz CT molecular complexity index is 1450. The van der Waals surface area contributed by atoms with Crippen LogP contribution in [0.3, 0.4) is 0 Å². The largest absolute Gasteiger partial charge is 0.454 e. The molecule has 1 heterocycles. The number of nitrogens with one attached hydrogen (secondary N) is 1. The zero-order valence-corrected chi connectivity index (χ0v) is 23.1. The van der Waals surface area contributed by atoms with E-state index in [-0.39, 0.29) is 23.7 Å². The summed E-state index contributed by atoms with van der Waals surface area (Å²) in [6, 6.07) is 19.9. The zero-order valence-electron chi connectivity index (χ0n) is 22.4. The minimum absolute atomic E-state index is 0.264. The van der Waals surface area contributed by atoms with E-state index in [0.29, 0.717) is 10.7 Å². The van der Waals surface area contributed by atoms with E-state index in [4.69, 9.17) is 16.3 Å². The van der Waals surface area contributed by atoms with Crippen molar-refractivity contribution in [1.82, 2.24) is 4.90 Å². The Kier molecular flexibility index (Phi) is 6.50. The molecule has 4 aliphatic rings. The fourth-order valence-corrected chi connectivity index (χ4v) is 6.96. The predicted octanol–water partition coefficient (Wildman–Crippen LogP) is 5.05. The zero-order chi connectivity index (χ0) is 28.3. The van der Waals surface area contributed by atoms with Crippen molar-refractivity contribution in [1.29, 1.82) is 0 Å². The second-order valence-electron chi connectivity index (χ2n) is 11.1. The number of hydrogen-bond acceptors (Lipinski definition) is 5. The van der Waals surface area contributed by atoms with E-state index < -0.39 is 42.3 Å². The van der Waals surface area contributed by atoms with Crippen molar-refractivity contribution in [2.45, 2.75) is 38.6 Å². The third-order valence-electron chi connectivity index (χ3n) is 8.45. The molecule has 7 nitrogen and oxygen atoms in total. The number of aryl methyl sites for hydroxylation is 1. The molecule has 1 fully saturated rings. The van der Waals surface area contributed by atoms with Gasteiger partial charge in [0.2, 0.25) is 11.8 Å². The molecule has 3 atom stereocenters. The molecule has 3 aliphatic carbocycles. The number of anilines is 1. The molecule has 0 radical (unpaired) electrons. The van der Waals surface area contributed by atoms with Crippen LogP contribution in [0.1, 0.15) is 53.5 Å². The highest BCUT2D eigenvalue weighted by atomic mass is 35.5. The number of ether oxygens (including phenoxy) is 1. The van der Waals surface area contributed by atoms with Crippen LogP contribution in [0.4, 0.5) is 5.69 Å². The van der Waals surface area contributed by atoms with Crippen molar-refractivity contribution in [3.63, 3.8) is 0 Å². The van der Waals surface area contributed by atoms with Gasteiger partial charge in [0.05, 0.1) is 11.8 Å². The topological polar surface area (TPSA) is 92.8 Å². The minimum atomic E-state index is -1.14. The van der Waals surface area contributed by atoms with Crippen molar-refractivity contribution in [3.05, 3.63) is 99.6 Å². The fourth-order valence-electron chi connectivity index (χ4n) is 6.79. The first-order valence-corrected chi connectivity index (χ1v) is 13.8. The van der Waals surface area contributed by atoms with E-state index in [9.17, 15) is 19.2 Å². The van der Waals surface area contributed by atoms with Gasteiger partial charge in [0.15, 0.2) is 6.61 Å². The number of nitrogens with zero attached hydrogens (tertiary/aromatic N) is 1. The van der Waals surface area contributed by atoms with Gasteiger partial charge < -0.3 is 10.1 Å². The smallest absolute Gasteiger partial charge is 0.330 e. The molecule has 1 saturated heterocycles. The predicted molar refractivity (Wildman–Crippen MR) is 150 cm³/mol. The third kappa shape index (κ3) is 4.03. The molecule has 0 spiro atoms. The Balaban J connectivity index is 1.26. The number of carbonyl (C=O) groups excluding carboxylic acids is 4. The van der Waals surface area contributed by atoms with Crippen molar-refractivity contribution in [2.75, 3.05) is 11.9 Å². The Morgan fingerprint density at radius 2 is 1.38 bits per heavy atom. The Morgan fingerprint density at radius 1 is 0.875 bits per heavy atom. The van der Waals surface area contributed by atoms with E-state index in [0.717, 1.165) is 32.7 Å². The lowest BCUT2D eigenvalue weighted by molar-refractivity contribution is -0.162. The molecule has 8 heteroatoms. The molecule has 0 unspecified atom stereocenters. The number of esters is 1. The maximum absolute atomic E-state index is 14.1. The second-order valence-corrected chi connectivity index (χ2v) is 11.6. The van der Waals surface area contributed by atoms with Gasteiger partial charge in [-0.05, 0) is 52.8 Å². The molecular weight excluding hydrogens is 528 g/mol. The number of halogens is 1. The molecule has 2 bridgehead atoms. The van der Waals surface area contributed by atoms with Gasteiger partial charge in [0.25, 0.3) is 5.91 Å².